The Morgan fingerprint density at radius 1 is 1.13 bits per heavy atom. The summed E-state index contributed by atoms with van der Waals surface area (Å²) in [5, 5.41) is 5.34. The molecule has 0 bridgehead atoms. The van der Waals surface area contributed by atoms with Crippen molar-refractivity contribution in [2.75, 3.05) is 5.32 Å². The molecule has 1 aliphatic carbocycles. The average molecular weight is 421 g/mol. The van der Waals surface area contributed by atoms with Crippen molar-refractivity contribution in [1.29, 1.82) is 0 Å². The molecule has 3 heterocycles. The van der Waals surface area contributed by atoms with Gasteiger partial charge in [-0.25, -0.2) is 4.98 Å². The molecule has 0 unspecified atom stereocenters. The van der Waals surface area contributed by atoms with Crippen molar-refractivity contribution in [2.24, 2.45) is 0 Å². The lowest BCUT2D eigenvalue weighted by molar-refractivity contribution is 0.462. The predicted molar refractivity (Wildman–Crippen MR) is 124 cm³/mol. The lowest BCUT2D eigenvalue weighted by atomic mass is 9.95. The van der Waals surface area contributed by atoms with Crippen molar-refractivity contribution >= 4 is 34.0 Å². The minimum absolute atomic E-state index is 0.129. The minimum atomic E-state index is -0.129. The highest BCUT2D eigenvalue weighted by Gasteiger charge is 2.22. The first-order chi connectivity index (χ1) is 14.5. The van der Waals surface area contributed by atoms with E-state index in [1.165, 1.54) is 24.8 Å². The van der Waals surface area contributed by atoms with Crippen LogP contribution in [0.4, 0.5) is 5.82 Å². The van der Waals surface area contributed by atoms with Gasteiger partial charge >= 0.3 is 0 Å². The van der Waals surface area contributed by atoms with Crippen molar-refractivity contribution < 1.29 is 0 Å². The van der Waals surface area contributed by atoms with Gasteiger partial charge in [-0.2, -0.15) is 0 Å². The molecule has 4 aromatic rings. The van der Waals surface area contributed by atoms with Crippen LogP contribution in [0.3, 0.4) is 0 Å². The minimum Gasteiger partial charge on any atom is -0.367 e. The quantitative estimate of drug-likeness (QED) is 0.436. The molecule has 154 valence electrons. The molecule has 3 aromatic heterocycles. The summed E-state index contributed by atoms with van der Waals surface area (Å²) in [5.41, 5.74) is 5.00. The number of halogens is 1. The van der Waals surface area contributed by atoms with Crippen LogP contribution < -0.4 is 10.9 Å². The Bertz CT molecular complexity index is 1310. The van der Waals surface area contributed by atoms with E-state index >= 15 is 0 Å². The summed E-state index contributed by atoms with van der Waals surface area (Å²) >= 11 is 6.29. The van der Waals surface area contributed by atoms with Crippen LogP contribution >= 0.6 is 11.6 Å². The Hall–Kier alpha value is -2.79. The van der Waals surface area contributed by atoms with E-state index in [1.54, 1.807) is 0 Å². The molecule has 30 heavy (non-hydrogen) atoms. The third-order valence-electron chi connectivity index (χ3n) is 6.08. The molecule has 1 aliphatic rings. The largest absolute Gasteiger partial charge is 0.367 e. The maximum atomic E-state index is 13.1. The predicted octanol–water partition coefficient (Wildman–Crippen LogP) is 5.86. The van der Waals surface area contributed by atoms with Gasteiger partial charge in [-0.15, -0.1) is 0 Å². The van der Waals surface area contributed by atoms with Gasteiger partial charge in [-0.3, -0.25) is 9.20 Å². The second kappa shape index (κ2) is 7.47. The summed E-state index contributed by atoms with van der Waals surface area (Å²) in [6.07, 6.45) is 7.84. The normalized spacial score (nSPS) is 15.2. The second-order valence-corrected chi connectivity index (χ2v) is 8.86. The molecule has 0 aliphatic heterocycles. The lowest BCUT2D eigenvalue weighted by Gasteiger charge is -2.24. The molecule has 1 fully saturated rings. The Morgan fingerprint density at radius 3 is 2.73 bits per heavy atom. The number of imidazole rings is 1. The molecule has 2 N–H and O–H groups in total. The van der Waals surface area contributed by atoms with E-state index in [1.807, 2.05) is 35.7 Å². The number of fused-ring (bicyclic) bond motifs is 2. The second-order valence-electron chi connectivity index (χ2n) is 8.42. The fraction of sp³-hybridized carbons (Fsp3) is 0.333. The van der Waals surface area contributed by atoms with Crippen molar-refractivity contribution in [3.05, 3.63) is 63.0 Å². The van der Waals surface area contributed by atoms with Gasteiger partial charge in [0.05, 0.1) is 16.1 Å². The highest BCUT2D eigenvalue weighted by Crippen LogP contribution is 2.32. The summed E-state index contributed by atoms with van der Waals surface area (Å²) in [4.78, 5) is 21.0. The number of anilines is 1. The number of aromatic amines is 1. The van der Waals surface area contributed by atoms with Gasteiger partial charge in [0.25, 0.3) is 5.56 Å². The summed E-state index contributed by atoms with van der Waals surface area (Å²) in [5.74, 6) is 0.841. The van der Waals surface area contributed by atoms with Gasteiger partial charge in [0, 0.05) is 12.2 Å². The topological polar surface area (TPSA) is 62.2 Å². The first kappa shape index (κ1) is 19.2. The fourth-order valence-corrected chi connectivity index (χ4v) is 4.81. The molecule has 6 heteroatoms. The highest BCUT2D eigenvalue weighted by molar-refractivity contribution is 6.30. The zero-order valence-electron chi connectivity index (χ0n) is 17.3. The summed E-state index contributed by atoms with van der Waals surface area (Å²) in [6.45, 7) is 4.09. The van der Waals surface area contributed by atoms with E-state index in [0.29, 0.717) is 22.3 Å². The van der Waals surface area contributed by atoms with Crippen LogP contribution in [0.25, 0.3) is 27.8 Å². The molecule has 5 rings (SSSR count). The number of H-pyrrole nitrogens is 1. The Kier molecular flexibility index (Phi) is 4.78. The van der Waals surface area contributed by atoms with Crippen LogP contribution in [-0.2, 0) is 0 Å². The number of nitrogens with one attached hydrogen (secondary N) is 2. The molecule has 5 nitrogen and oxygen atoms in total. The van der Waals surface area contributed by atoms with Crippen LogP contribution in [0.1, 0.15) is 43.2 Å². The van der Waals surface area contributed by atoms with Gasteiger partial charge in [0.1, 0.15) is 17.2 Å². The van der Waals surface area contributed by atoms with E-state index in [9.17, 15) is 4.79 Å². The van der Waals surface area contributed by atoms with Crippen molar-refractivity contribution in [3.63, 3.8) is 0 Å². The van der Waals surface area contributed by atoms with E-state index < -0.39 is 0 Å². The van der Waals surface area contributed by atoms with E-state index in [4.69, 9.17) is 16.6 Å². The number of hydrogen-bond acceptors (Lipinski definition) is 3. The average Bonchev–Trinajstić information content (AvgIpc) is 3.06. The standard InChI is InChI=1S/C24H25ClN4O/c1-14-10-15(2)21-16(11-14)12-19(24(30)28-21)22-23(26-18-6-4-3-5-7-18)29-13-17(25)8-9-20(29)27-22/h8-13,18,26H,3-7H2,1-2H3,(H,28,30). The van der Waals surface area contributed by atoms with Gasteiger partial charge in [-0.1, -0.05) is 42.5 Å². The van der Waals surface area contributed by atoms with Gasteiger partial charge in [-0.05, 0) is 61.9 Å². The van der Waals surface area contributed by atoms with Crippen LogP contribution in [0.5, 0.6) is 0 Å². The fourth-order valence-electron chi connectivity index (χ4n) is 4.65. The van der Waals surface area contributed by atoms with Crippen LogP contribution in [0.2, 0.25) is 5.02 Å². The number of hydrogen-bond donors (Lipinski definition) is 2. The van der Waals surface area contributed by atoms with Crippen molar-refractivity contribution in [2.45, 2.75) is 52.0 Å². The van der Waals surface area contributed by atoms with Gasteiger partial charge in [0.15, 0.2) is 0 Å². The van der Waals surface area contributed by atoms with E-state index in [-0.39, 0.29) is 5.56 Å². The molecule has 0 amide bonds. The van der Waals surface area contributed by atoms with Crippen molar-refractivity contribution in [1.82, 2.24) is 14.4 Å². The summed E-state index contributed by atoms with van der Waals surface area (Å²) < 4.78 is 1.97. The maximum Gasteiger partial charge on any atom is 0.258 e. The molecule has 1 aromatic carbocycles. The first-order valence-electron chi connectivity index (χ1n) is 10.6. The number of benzene rings is 1. The lowest BCUT2D eigenvalue weighted by Crippen LogP contribution is -2.23. The van der Waals surface area contributed by atoms with Crippen LogP contribution in [0, 0.1) is 13.8 Å². The molecule has 1 saturated carbocycles. The number of aromatic nitrogens is 3. The van der Waals surface area contributed by atoms with Crippen LogP contribution in [-0.4, -0.2) is 20.4 Å². The SMILES string of the molecule is Cc1cc(C)c2[nH]c(=O)c(-c3nc4ccc(Cl)cn4c3NC3CCCCC3)cc2c1. The highest BCUT2D eigenvalue weighted by atomic mass is 35.5. The van der Waals surface area contributed by atoms with E-state index in [2.05, 4.69) is 29.4 Å². The smallest absolute Gasteiger partial charge is 0.258 e. The third-order valence-corrected chi connectivity index (χ3v) is 6.30. The van der Waals surface area contributed by atoms with Crippen LogP contribution in [0.15, 0.2) is 41.3 Å². The molecule has 0 spiro atoms. The maximum absolute atomic E-state index is 13.1. The van der Waals surface area contributed by atoms with Gasteiger partial charge in [0.2, 0.25) is 0 Å². The van der Waals surface area contributed by atoms with Gasteiger partial charge < -0.3 is 10.3 Å². The Balaban J connectivity index is 1.72. The zero-order valence-corrected chi connectivity index (χ0v) is 18.0. The molecule has 0 atom stereocenters. The summed E-state index contributed by atoms with van der Waals surface area (Å²) in [7, 11) is 0. The van der Waals surface area contributed by atoms with E-state index in [0.717, 1.165) is 40.8 Å². The number of pyridine rings is 2. The Morgan fingerprint density at radius 2 is 1.93 bits per heavy atom. The van der Waals surface area contributed by atoms with Crippen molar-refractivity contribution in [3.8, 4) is 11.3 Å². The molecule has 0 saturated heterocycles. The number of nitrogens with zero attached hydrogens (tertiary/aromatic N) is 2. The monoisotopic (exact) mass is 420 g/mol. The Labute approximate surface area is 180 Å². The number of aryl methyl sites for hydroxylation is 2. The number of rotatable bonds is 3. The molecular formula is C24H25ClN4O. The molecule has 0 radical (unpaired) electrons. The summed E-state index contributed by atoms with van der Waals surface area (Å²) in [6, 6.07) is 10.2. The first-order valence-corrected chi connectivity index (χ1v) is 11.0. The molecular weight excluding hydrogens is 396 g/mol. The zero-order chi connectivity index (χ0) is 20.8. The third kappa shape index (κ3) is 3.37.